The lowest BCUT2D eigenvalue weighted by Crippen LogP contribution is -2.27. The number of terminal acetylenes is 1. The van der Waals surface area contributed by atoms with Gasteiger partial charge in [-0.1, -0.05) is 37.3 Å². The van der Waals surface area contributed by atoms with E-state index in [2.05, 4.69) is 25.0 Å². The Bertz CT molecular complexity index is 310. The van der Waals surface area contributed by atoms with E-state index >= 15 is 0 Å². The molecule has 1 aromatic carbocycles. The lowest BCUT2D eigenvalue weighted by molar-refractivity contribution is 0.140. The van der Waals surface area contributed by atoms with E-state index in [0.29, 0.717) is 13.0 Å². The Balaban J connectivity index is 2.94. The SMILES string of the molecule is C#CCC(C)(COC)c1ccccc1. The topological polar surface area (TPSA) is 9.23 Å². The number of hydrogen-bond acceptors (Lipinski definition) is 1. The van der Waals surface area contributed by atoms with Crippen molar-refractivity contribution in [3.63, 3.8) is 0 Å². The summed E-state index contributed by atoms with van der Waals surface area (Å²) in [4.78, 5) is 0. The number of hydrogen-bond donors (Lipinski definition) is 0. The van der Waals surface area contributed by atoms with Gasteiger partial charge in [0.2, 0.25) is 0 Å². The minimum Gasteiger partial charge on any atom is -0.384 e. The fourth-order valence-corrected chi connectivity index (χ4v) is 1.62. The Morgan fingerprint density at radius 3 is 2.50 bits per heavy atom. The molecule has 0 radical (unpaired) electrons. The standard InChI is InChI=1S/C13H16O/c1-4-10-13(2,11-14-3)12-8-6-5-7-9-12/h1,5-9H,10-11H2,2-3H3. The Kier molecular flexibility index (Phi) is 3.73. The molecule has 0 spiro atoms. The third-order valence-corrected chi connectivity index (χ3v) is 2.43. The molecule has 1 atom stereocenters. The van der Waals surface area contributed by atoms with Gasteiger partial charge >= 0.3 is 0 Å². The molecule has 0 N–H and O–H groups in total. The summed E-state index contributed by atoms with van der Waals surface area (Å²) in [6.45, 7) is 2.78. The minimum absolute atomic E-state index is 0.0647. The fourth-order valence-electron chi connectivity index (χ4n) is 1.62. The average Bonchev–Trinajstić information content (AvgIpc) is 2.20. The van der Waals surface area contributed by atoms with Gasteiger partial charge in [-0.25, -0.2) is 0 Å². The molecule has 74 valence electrons. The molecule has 0 aliphatic heterocycles. The van der Waals surface area contributed by atoms with Crippen molar-refractivity contribution in [2.24, 2.45) is 0 Å². The monoisotopic (exact) mass is 188 g/mol. The van der Waals surface area contributed by atoms with Crippen molar-refractivity contribution in [2.45, 2.75) is 18.8 Å². The summed E-state index contributed by atoms with van der Waals surface area (Å²) in [6.07, 6.45) is 6.08. The van der Waals surface area contributed by atoms with Crippen molar-refractivity contribution in [1.29, 1.82) is 0 Å². The molecular weight excluding hydrogens is 172 g/mol. The zero-order valence-corrected chi connectivity index (χ0v) is 8.79. The molecular formula is C13H16O. The van der Waals surface area contributed by atoms with Crippen molar-refractivity contribution in [3.05, 3.63) is 35.9 Å². The van der Waals surface area contributed by atoms with Gasteiger partial charge in [0.1, 0.15) is 0 Å². The molecule has 0 saturated carbocycles. The van der Waals surface area contributed by atoms with E-state index in [9.17, 15) is 0 Å². The molecule has 1 unspecified atom stereocenters. The molecule has 0 bridgehead atoms. The van der Waals surface area contributed by atoms with Crippen molar-refractivity contribution in [2.75, 3.05) is 13.7 Å². The van der Waals surface area contributed by atoms with Gasteiger partial charge in [0.15, 0.2) is 0 Å². The van der Waals surface area contributed by atoms with Crippen LogP contribution in [0.15, 0.2) is 30.3 Å². The summed E-state index contributed by atoms with van der Waals surface area (Å²) in [5.41, 5.74) is 1.17. The molecule has 0 fully saturated rings. The van der Waals surface area contributed by atoms with Gasteiger partial charge in [-0.05, 0) is 5.56 Å². The van der Waals surface area contributed by atoms with Gasteiger partial charge in [-0.2, -0.15) is 0 Å². The van der Waals surface area contributed by atoms with E-state index in [1.807, 2.05) is 18.2 Å². The second-order valence-electron chi connectivity index (χ2n) is 3.74. The molecule has 1 heteroatoms. The van der Waals surface area contributed by atoms with Crippen LogP contribution in [-0.4, -0.2) is 13.7 Å². The van der Waals surface area contributed by atoms with Crippen molar-refractivity contribution in [3.8, 4) is 12.3 Å². The third-order valence-electron chi connectivity index (χ3n) is 2.43. The predicted octanol–water partition coefficient (Wildman–Crippen LogP) is 2.61. The van der Waals surface area contributed by atoms with Gasteiger partial charge in [0.05, 0.1) is 6.61 Å². The second kappa shape index (κ2) is 4.83. The molecule has 1 nitrogen and oxygen atoms in total. The van der Waals surface area contributed by atoms with Crippen LogP contribution in [-0.2, 0) is 10.2 Å². The van der Waals surface area contributed by atoms with Crippen LogP contribution in [0, 0.1) is 12.3 Å². The lowest BCUT2D eigenvalue weighted by Gasteiger charge is -2.27. The quantitative estimate of drug-likeness (QED) is 0.660. The maximum atomic E-state index is 5.38. The van der Waals surface area contributed by atoms with Crippen LogP contribution < -0.4 is 0 Å². The lowest BCUT2D eigenvalue weighted by atomic mass is 9.80. The Hall–Kier alpha value is -1.26. The Morgan fingerprint density at radius 1 is 1.36 bits per heavy atom. The van der Waals surface area contributed by atoms with Crippen molar-refractivity contribution < 1.29 is 4.74 Å². The Labute approximate surface area is 86.1 Å². The number of rotatable bonds is 4. The van der Waals surface area contributed by atoms with Crippen LogP contribution >= 0.6 is 0 Å². The van der Waals surface area contributed by atoms with Gasteiger partial charge in [0.25, 0.3) is 0 Å². The van der Waals surface area contributed by atoms with Crippen molar-refractivity contribution >= 4 is 0 Å². The highest BCUT2D eigenvalue weighted by molar-refractivity contribution is 5.26. The van der Waals surface area contributed by atoms with E-state index in [1.165, 1.54) is 5.56 Å². The summed E-state index contributed by atoms with van der Waals surface area (Å²) >= 11 is 0. The summed E-state index contributed by atoms with van der Waals surface area (Å²) in [7, 11) is 1.71. The van der Waals surface area contributed by atoms with E-state index < -0.39 is 0 Å². The maximum absolute atomic E-state index is 5.38. The molecule has 0 aromatic heterocycles. The highest BCUT2D eigenvalue weighted by atomic mass is 16.5. The van der Waals surface area contributed by atoms with E-state index in [4.69, 9.17) is 11.2 Å². The molecule has 0 amide bonds. The summed E-state index contributed by atoms with van der Waals surface area (Å²) in [5, 5.41) is 0. The first kappa shape index (κ1) is 10.8. The van der Waals surface area contributed by atoms with Gasteiger partial charge in [-0.3, -0.25) is 0 Å². The molecule has 0 aliphatic rings. The molecule has 0 saturated heterocycles. The van der Waals surface area contributed by atoms with Gasteiger partial charge in [-0.15, -0.1) is 12.3 Å². The highest BCUT2D eigenvalue weighted by Gasteiger charge is 2.25. The highest BCUT2D eigenvalue weighted by Crippen LogP contribution is 2.27. The number of methoxy groups -OCH3 is 1. The van der Waals surface area contributed by atoms with Crippen LogP contribution in [0.2, 0.25) is 0 Å². The summed E-state index contributed by atoms with van der Waals surface area (Å²) in [6, 6.07) is 10.2. The number of benzene rings is 1. The van der Waals surface area contributed by atoms with Crippen LogP contribution in [0.25, 0.3) is 0 Å². The van der Waals surface area contributed by atoms with Crippen LogP contribution in [0.4, 0.5) is 0 Å². The zero-order chi connectivity index (χ0) is 10.4. The maximum Gasteiger partial charge on any atom is 0.0565 e. The smallest absolute Gasteiger partial charge is 0.0565 e. The minimum atomic E-state index is -0.0647. The first-order valence-corrected chi connectivity index (χ1v) is 4.71. The molecule has 1 rings (SSSR count). The van der Waals surface area contributed by atoms with Crippen LogP contribution in [0.3, 0.4) is 0 Å². The normalized spacial score (nSPS) is 14.4. The first-order chi connectivity index (χ1) is 6.73. The molecule has 0 aliphatic carbocycles. The zero-order valence-electron chi connectivity index (χ0n) is 8.79. The molecule has 0 heterocycles. The summed E-state index contributed by atoms with van der Waals surface area (Å²) < 4.78 is 5.22. The van der Waals surface area contributed by atoms with Crippen LogP contribution in [0.1, 0.15) is 18.9 Å². The van der Waals surface area contributed by atoms with Gasteiger partial charge in [0, 0.05) is 18.9 Å². The predicted molar refractivity (Wildman–Crippen MR) is 59.1 cm³/mol. The Morgan fingerprint density at radius 2 is 2.00 bits per heavy atom. The van der Waals surface area contributed by atoms with E-state index in [1.54, 1.807) is 7.11 Å². The fraction of sp³-hybridized carbons (Fsp3) is 0.385. The van der Waals surface area contributed by atoms with E-state index in [-0.39, 0.29) is 5.41 Å². The second-order valence-corrected chi connectivity index (χ2v) is 3.74. The molecule has 14 heavy (non-hydrogen) atoms. The van der Waals surface area contributed by atoms with Crippen molar-refractivity contribution in [1.82, 2.24) is 0 Å². The average molecular weight is 188 g/mol. The van der Waals surface area contributed by atoms with E-state index in [0.717, 1.165) is 0 Å². The first-order valence-electron chi connectivity index (χ1n) is 4.71. The van der Waals surface area contributed by atoms with Gasteiger partial charge < -0.3 is 4.74 Å². The number of ether oxygens (including phenoxy) is 1. The third kappa shape index (κ3) is 2.37. The van der Waals surface area contributed by atoms with Crippen LogP contribution in [0.5, 0.6) is 0 Å². The largest absolute Gasteiger partial charge is 0.384 e. The molecule has 1 aromatic rings. The summed E-state index contributed by atoms with van der Waals surface area (Å²) in [5.74, 6) is 2.71.